The summed E-state index contributed by atoms with van der Waals surface area (Å²) in [5, 5.41) is 0. The lowest BCUT2D eigenvalue weighted by Gasteiger charge is -2.41. The zero-order chi connectivity index (χ0) is 16.5. The lowest BCUT2D eigenvalue weighted by Crippen LogP contribution is -2.42. The van der Waals surface area contributed by atoms with E-state index in [9.17, 15) is 4.79 Å². The Morgan fingerprint density at radius 2 is 1.92 bits per heavy atom. The van der Waals surface area contributed by atoms with Crippen molar-refractivity contribution in [2.24, 2.45) is 5.92 Å². The van der Waals surface area contributed by atoms with Gasteiger partial charge in [0.1, 0.15) is 5.75 Å². The smallest absolute Gasteiger partial charge is 0.311 e. The molecule has 2 aliphatic rings. The molecule has 2 aliphatic heterocycles. The molecule has 0 N–H and O–H groups in total. The molecule has 1 fully saturated rings. The van der Waals surface area contributed by atoms with Crippen molar-refractivity contribution in [1.82, 2.24) is 0 Å². The summed E-state index contributed by atoms with van der Waals surface area (Å²) in [6, 6.07) is 16.0. The van der Waals surface area contributed by atoms with Gasteiger partial charge in [-0.2, -0.15) is 0 Å². The molecule has 0 spiro atoms. The Hall–Kier alpha value is -2.49. The molecule has 0 bridgehead atoms. The molecule has 2 heterocycles. The summed E-state index contributed by atoms with van der Waals surface area (Å²) < 4.78 is 11.6. The fourth-order valence-electron chi connectivity index (χ4n) is 3.86. The van der Waals surface area contributed by atoms with E-state index in [1.165, 1.54) is 0 Å². The first-order valence-electron chi connectivity index (χ1n) is 8.58. The van der Waals surface area contributed by atoms with Crippen molar-refractivity contribution in [3.63, 3.8) is 0 Å². The number of nitrogens with zero attached hydrogens (tertiary/aromatic N) is 1. The molecule has 24 heavy (non-hydrogen) atoms. The topological polar surface area (TPSA) is 38.8 Å². The third kappa shape index (κ3) is 2.42. The van der Waals surface area contributed by atoms with E-state index in [2.05, 4.69) is 17.0 Å². The average molecular weight is 323 g/mol. The molecule has 2 aromatic rings. The van der Waals surface area contributed by atoms with Gasteiger partial charge >= 0.3 is 5.97 Å². The van der Waals surface area contributed by atoms with Gasteiger partial charge in [-0.1, -0.05) is 30.3 Å². The fourth-order valence-corrected chi connectivity index (χ4v) is 3.86. The molecule has 0 amide bonds. The number of ether oxygens (including phenoxy) is 2. The zero-order valence-electron chi connectivity index (χ0n) is 13.8. The number of hydrogen-bond donors (Lipinski definition) is 0. The van der Waals surface area contributed by atoms with Crippen LogP contribution in [0.5, 0.6) is 11.5 Å². The van der Waals surface area contributed by atoms with Crippen LogP contribution in [0.15, 0.2) is 48.5 Å². The third-order valence-corrected chi connectivity index (χ3v) is 4.85. The van der Waals surface area contributed by atoms with E-state index in [1.54, 1.807) is 0 Å². The highest BCUT2D eigenvalue weighted by Gasteiger charge is 2.41. The van der Waals surface area contributed by atoms with Crippen LogP contribution in [0.3, 0.4) is 0 Å². The SMILES string of the molecule is CCOC(=O)[C@@H]1CCCN2c3ccccc3Oc3ccccc3[C@@H]12. The van der Waals surface area contributed by atoms with E-state index in [0.717, 1.165) is 42.1 Å². The van der Waals surface area contributed by atoms with Crippen LogP contribution in [0.25, 0.3) is 0 Å². The van der Waals surface area contributed by atoms with E-state index in [-0.39, 0.29) is 17.9 Å². The molecule has 2 aromatic carbocycles. The van der Waals surface area contributed by atoms with E-state index >= 15 is 0 Å². The largest absolute Gasteiger partial charge is 0.466 e. The molecule has 2 atom stereocenters. The second-order valence-corrected chi connectivity index (χ2v) is 6.25. The minimum atomic E-state index is -0.172. The van der Waals surface area contributed by atoms with Crippen molar-refractivity contribution in [2.45, 2.75) is 25.8 Å². The zero-order valence-corrected chi connectivity index (χ0v) is 13.8. The summed E-state index contributed by atoms with van der Waals surface area (Å²) in [5.41, 5.74) is 2.11. The van der Waals surface area contributed by atoms with Crippen molar-refractivity contribution in [3.05, 3.63) is 54.1 Å². The molecule has 0 aromatic heterocycles. The normalized spacial score (nSPS) is 21.6. The summed E-state index contributed by atoms with van der Waals surface area (Å²) in [7, 11) is 0. The van der Waals surface area contributed by atoms with Crippen molar-refractivity contribution >= 4 is 11.7 Å². The molecule has 4 rings (SSSR count). The molecule has 0 saturated carbocycles. The van der Waals surface area contributed by atoms with Gasteiger partial charge in [0.05, 0.1) is 24.3 Å². The average Bonchev–Trinajstić information content (AvgIpc) is 2.76. The lowest BCUT2D eigenvalue weighted by atomic mass is 9.84. The van der Waals surface area contributed by atoms with Gasteiger partial charge in [0.25, 0.3) is 0 Å². The molecule has 0 radical (unpaired) electrons. The maximum atomic E-state index is 12.6. The number of esters is 1. The van der Waals surface area contributed by atoms with Gasteiger partial charge < -0.3 is 14.4 Å². The predicted octanol–water partition coefficient (Wildman–Crippen LogP) is 4.31. The molecule has 0 unspecified atom stereocenters. The standard InChI is InChI=1S/C20H21NO3/c1-2-23-20(22)15-9-7-13-21-16-10-4-6-12-18(16)24-17-11-5-3-8-14(17)19(15)21/h3-6,8,10-12,15,19H,2,7,9,13H2,1H3/t15-,19+/m1/s1. The van der Waals surface area contributed by atoms with Gasteiger partial charge in [-0.05, 0) is 38.0 Å². The van der Waals surface area contributed by atoms with Crippen LogP contribution < -0.4 is 9.64 Å². The number of rotatable bonds is 2. The summed E-state index contributed by atoms with van der Waals surface area (Å²) in [5.74, 6) is 1.39. The van der Waals surface area contributed by atoms with Crippen molar-refractivity contribution in [2.75, 3.05) is 18.1 Å². The number of piperidine rings is 1. The summed E-state index contributed by atoms with van der Waals surface area (Å²) in [6.07, 6.45) is 1.81. The van der Waals surface area contributed by atoms with E-state index in [0.29, 0.717) is 6.61 Å². The minimum Gasteiger partial charge on any atom is -0.466 e. The molecule has 124 valence electrons. The quantitative estimate of drug-likeness (QED) is 0.772. The lowest BCUT2D eigenvalue weighted by molar-refractivity contribution is -0.149. The predicted molar refractivity (Wildman–Crippen MR) is 92.4 cm³/mol. The van der Waals surface area contributed by atoms with Crippen LogP contribution in [0.4, 0.5) is 5.69 Å². The van der Waals surface area contributed by atoms with Gasteiger partial charge in [-0.3, -0.25) is 4.79 Å². The number of hydrogen-bond acceptors (Lipinski definition) is 4. The first-order chi connectivity index (χ1) is 11.8. The van der Waals surface area contributed by atoms with Crippen LogP contribution in [-0.4, -0.2) is 19.1 Å². The van der Waals surface area contributed by atoms with Crippen LogP contribution in [-0.2, 0) is 9.53 Å². The van der Waals surface area contributed by atoms with Crippen molar-refractivity contribution in [3.8, 4) is 11.5 Å². The van der Waals surface area contributed by atoms with Crippen LogP contribution in [0.2, 0.25) is 0 Å². The second kappa shape index (κ2) is 6.19. The Balaban J connectivity index is 1.86. The number of anilines is 1. The highest BCUT2D eigenvalue weighted by Crippen LogP contribution is 2.49. The van der Waals surface area contributed by atoms with Crippen LogP contribution >= 0.6 is 0 Å². The molecule has 0 aliphatic carbocycles. The van der Waals surface area contributed by atoms with Gasteiger partial charge in [-0.15, -0.1) is 0 Å². The summed E-state index contributed by atoms with van der Waals surface area (Å²) in [4.78, 5) is 14.9. The molecular formula is C20H21NO3. The number of para-hydroxylation sites is 3. The van der Waals surface area contributed by atoms with E-state index in [4.69, 9.17) is 9.47 Å². The van der Waals surface area contributed by atoms with Gasteiger partial charge in [0, 0.05) is 12.1 Å². The fraction of sp³-hybridized carbons (Fsp3) is 0.350. The maximum Gasteiger partial charge on any atom is 0.311 e. The molecule has 1 saturated heterocycles. The molecule has 4 nitrogen and oxygen atoms in total. The third-order valence-electron chi connectivity index (χ3n) is 4.85. The monoisotopic (exact) mass is 323 g/mol. The van der Waals surface area contributed by atoms with Crippen LogP contribution in [0.1, 0.15) is 31.4 Å². The summed E-state index contributed by atoms with van der Waals surface area (Å²) in [6.45, 7) is 3.18. The number of fused-ring (bicyclic) bond motifs is 5. The number of carbonyl (C=O) groups excluding carboxylic acids is 1. The Kier molecular flexibility index (Phi) is 3.89. The minimum absolute atomic E-state index is 0.0438. The summed E-state index contributed by atoms with van der Waals surface area (Å²) >= 11 is 0. The maximum absolute atomic E-state index is 12.6. The number of benzene rings is 2. The Morgan fingerprint density at radius 1 is 1.17 bits per heavy atom. The highest BCUT2D eigenvalue weighted by molar-refractivity contribution is 5.76. The Morgan fingerprint density at radius 3 is 2.75 bits per heavy atom. The molecular weight excluding hydrogens is 302 g/mol. The Labute approximate surface area is 142 Å². The van der Waals surface area contributed by atoms with Gasteiger partial charge in [0.15, 0.2) is 5.75 Å². The molecule has 4 heteroatoms. The first-order valence-corrected chi connectivity index (χ1v) is 8.58. The Bertz CT molecular complexity index is 758. The number of carbonyl (C=O) groups is 1. The first kappa shape index (κ1) is 15.1. The van der Waals surface area contributed by atoms with Gasteiger partial charge in [0.2, 0.25) is 0 Å². The van der Waals surface area contributed by atoms with Crippen molar-refractivity contribution < 1.29 is 14.3 Å². The van der Waals surface area contributed by atoms with Crippen LogP contribution in [0, 0.1) is 5.92 Å². The van der Waals surface area contributed by atoms with E-state index in [1.807, 2.05) is 43.3 Å². The van der Waals surface area contributed by atoms with Gasteiger partial charge in [-0.25, -0.2) is 0 Å². The van der Waals surface area contributed by atoms with Crippen molar-refractivity contribution in [1.29, 1.82) is 0 Å². The van der Waals surface area contributed by atoms with E-state index < -0.39 is 0 Å². The highest BCUT2D eigenvalue weighted by atomic mass is 16.5. The second-order valence-electron chi connectivity index (χ2n) is 6.25.